The topological polar surface area (TPSA) is 0 Å². The summed E-state index contributed by atoms with van der Waals surface area (Å²) in [5.41, 5.74) is 8.08. The van der Waals surface area contributed by atoms with E-state index < -0.39 is 8.07 Å². The van der Waals surface area contributed by atoms with Crippen LogP contribution in [0.1, 0.15) is 55.4 Å². The number of hydrogen-bond donors (Lipinski definition) is 0. The molecule has 2 aliphatic rings. The molecule has 0 bridgehead atoms. The monoisotopic (exact) mass is 416 g/mol. The molecule has 0 spiro atoms. The number of rotatable bonds is 2. The van der Waals surface area contributed by atoms with Crippen molar-refractivity contribution in [1.82, 2.24) is 0 Å². The fourth-order valence-electron chi connectivity index (χ4n) is 4.71. The molecule has 0 amide bonds. The maximum absolute atomic E-state index is 6.95. The largest absolute Gasteiger partial charge is 0.0882 e. The number of allylic oxidation sites excluding steroid dienone is 8. The first-order valence-electron chi connectivity index (χ1n) is 8.38. The molecule has 0 aliphatic heterocycles. The van der Waals surface area contributed by atoms with Gasteiger partial charge in [0.1, 0.15) is 0 Å². The maximum atomic E-state index is 6.95. The summed E-state index contributed by atoms with van der Waals surface area (Å²) in [5.74, 6) is 0. The molecule has 2 atom stereocenters. The fraction of sp³-hybridized carbons (Fsp3) is 0.600. The molecule has 0 aromatic rings. The van der Waals surface area contributed by atoms with E-state index in [1.807, 2.05) is 0 Å². The Morgan fingerprint density at radius 3 is 1.04 bits per heavy atom. The SMILES string of the molecule is CC1=C(C)C(C)([Si](C)(C)C2(C)C(C)=C(C)C(C)=C2Cl)C(Cl)=C1C.[Ti]. The van der Waals surface area contributed by atoms with Gasteiger partial charge in [-0.25, -0.2) is 0 Å². The van der Waals surface area contributed by atoms with E-state index in [9.17, 15) is 0 Å². The molecule has 0 N–H and O–H groups in total. The summed E-state index contributed by atoms with van der Waals surface area (Å²) in [5, 5.41) is 1.91. The third-order valence-corrected chi connectivity index (χ3v) is 15.7. The molecule has 4 heteroatoms. The minimum atomic E-state index is -2.00. The first kappa shape index (κ1) is 22.5. The third-order valence-electron chi connectivity index (χ3n) is 7.79. The van der Waals surface area contributed by atoms with E-state index in [1.165, 1.54) is 33.4 Å². The van der Waals surface area contributed by atoms with Crippen molar-refractivity contribution in [2.45, 2.75) is 78.6 Å². The standard InChI is InChI=1S/C20H30Cl2Si.Ti/c1-11-13(3)17(21)19(7,15(11)5)23(9,10)20(8)16(6)12(2)14(4)18(20)22;/h1-10H3;. The molecule has 0 aromatic carbocycles. The maximum Gasteiger partial charge on any atom is 0.0814 e. The Labute approximate surface area is 174 Å². The van der Waals surface area contributed by atoms with Crippen LogP contribution in [0.2, 0.25) is 23.2 Å². The predicted octanol–water partition coefficient (Wildman–Crippen LogP) is 7.94. The minimum Gasteiger partial charge on any atom is -0.0882 e. The second-order valence-electron chi connectivity index (χ2n) is 8.25. The van der Waals surface area contributed by atoms with Gasteiger partial charge in [-0.3, -0.25) is 0 Å². The molecular weight excluding hydrogens is 387 g/mol. The van der Waals surface area contributed by atoms with Crippen LogP contribution in [0.25, 0.3) is 0 Å². The molecule has 24 heavy (non-hydrogen) atoms. The average Bonchev–Trinajstić information content (AvgIpc) is 2.76. The van der Waals surface area contributed by atoms with Crippen LogP contribution in [-0.2, 0) is 21.7 Å². The zero-order chi connectivity index (χ0) is 18.1. The molecule has 132 valence electrons. The molecule has 0 nitrogen and oxygen atoms in total. The van der Waals surface area contributed by atoms with Gasteiger partial charge in [0, 0.05) is 41.9 Å². The van der Waals surface area contributed by atoms with Crippen molar-refractivity contribution in [3.63, 3.8) is 0 Å². The second kappa shape index (κ2) is 6.57. The molecular formula is C20H30Cl2SiTi. The van der Waals surface area contributed by atoms with Gasteiger partial charge in [-0.1, -0.05) is 61.3 Å². The van der Waals surface area contributed by atoms with Crippen LogP contribution in [-0.4, -0.2) is 8.07 Å². The van der Waals surface area contributed by atoms with Gasteiger partial charge in [-0.15, -0.1) is 0 Å². The van der Waals surface area contributed by atoms with Crippen molar-refractivity contribution < 1.29 is 21.7 Å². The molecule has 2 aliphatic carbocycles. The van der Waals surface area contributed by atoms with Gasteiger partial charge < -0.3 is 0 Å². The number of hydrogen-bond acceptors (Lipinski definition) is 0. The molecule has 2 unspecified atom stereocenters. The van der Waals surface area contributed by atoms with Gasteiger partial charge in [0.15, 0.2) is 0 Å². The van der Waals surface area contributed by atoms with Crippen LogP contribution < -0.4 is 0 Å². The summed E-state index contributed by atoms with van der Waals surface area (Å²) in [6.07, 6.45) is 0. The molecule has 0 saturated carbocycles. The van der Waals surface area contributed by atoms with E-state index in [0.29, 0.717) is 0 Å². The third kappa shape index (κ3) is 2.34. The van der Waals surface area contributed by atoms with E-state index in [1.54, 1.807) is 0 Å². The predicted molar refractivity (Wildman–Crippen MR) is 108 cm³/mol. The van der Waals surface area contributed by atoms with E-state index in [0.717, 1.165) is 10.1 Å². The van der Waals surface area contributed by atoms with Gasteiger partial charge in [-0.2, -0.15) is 0 Å². The van der Waals surface area contributed by atoms with Gasteiger partial charge >= 0.3 is 0 Å². The Hall–Kier alpha value is 0.471. The zero-order valence-electron chi connectivity index (χ0n) is 16.8. The molecule has 2 rings (SSSR count). The Morgan fingerprint density at radius 2 is 0.875 bits per heavy atom. The normalized spacial score (nSPS) is 31.5. The summed E-state index contributed by atoms with van der Waals surface area (Å²) in [7, 11) is -2.00. The van der Waals surface area contributed by atoms with Gasteiger partial charge in [0.25, 0.3) is 0 Å². The van der Waals surface area contributed by atoms with Gasteiger partial charge in [0.05, 0.1) is 8.07 Å². The Balaban J connectivity index is 0.00000288. The Kier molecular flexibility index (Phi) is 6.16. The van der Waals surface area contributed by atoms with Crippen molar-refractivity contribution >= 4 is 31.3 Å². The molecule has 0 heterocycles. The summed E-state index contributed by atoms with van der Waals surface area (Å²) in [6, 6.07) is 0. The first-order chi connectivity index (χ1) is 10.3. The summed E-state index contributed by atoms with van der Waals surface area (Å²) < 4.78 is 0. The Bertz CT molecular complexity index is 612. The van der Waals surface area contributed by atoms with Crippen molar-refractivity contribution in [2.24, 2.45) is 0 Å². The van der Waals surface area contributed by atoms with E-state index in [2.05, 4.69) is 68.5 Å². The molecule has 0 saturated heterocycles. The quantitative estimate of drug-likeness (QED) is 0.400. The van der Waals surface area contributed by atoms with Gasteiger partial charge in [0.2, 0.25) is 0 Å². The Morgan fingerprint density at radius 1 is 0.625 bits per heavy atom. The fourth-order valence-corrected chi connectivity index (χ4v) is 11.4. The average molecular weight is 417 g/mol. The zero-order valence-corrected chi connectivity index (χ0v) is 20.8. The van der Waals surface area contributed by atoms with E-state index in [-0.39, 0.29) is 31.8 Å². The van der Waals surface area contributed by atoms with Crippen molar-refractivity contribution in [3.8, 4) is 0 Å². The number of halogens is 2. The van der Waals surface area contributed by atoms with Gasteiger partial charge in [-0.05, 0) is 63.8 Å². The summed E-state index contributed by atoms with van der Waals surface area (Å²) in [6.45, 7) is 22.9. The smallest absolute Gasteiger partial charge is 0.0814 e. The van der Waals surface area contributed by atoms with Crippen LogP contribution in [0.5, 0.6) is 0 Å². The van der Waals surface area contributed by atoms with Crippen molar-refractivity contribution in [1.29, 1.82) is 0 Å². The summed E-state index contributed by atoms with van der Waals surface area (Å²) in [4.78, 5) is 0. The molecule has 0 aromatic heterocycles. The minimum absolute atomic E-state index is 0. The van der Waals surface area contributed by atoms with Crippen LogP contribution in [0.3, 0.4) is 0 Å². The van der Waals surface area contributed by atoms with Crippen LogP contribution in [0.4, 0.5) is 0 Å². The van der Waals surface area contributed by atoms with E-state index in [4.69, 9.17) is 23.2 Å². The first-order valence-corrected chi connectivity index (χ1v) is 12.1. The molecule has 0 fully saturated rings. The van der Waals surface area contributed by atoms with Crippen LogP contribution >= 0.6 is 23.2 Å². The van der Waals surface area contributed by atoms with Crippen molar-refractivity contribution in [2.75, 3.05) is 0 Å². The van der Waals surface area contributed by atoms with Crippen LogP contribution in [0, 0.1) is 0 Å². The van der Waals surface area contributed by atoms with Crippen LogP contribution in [0.15, 0.2) is 43.5 Å². The molecule has 0 radical (unpaired) electrons. The van der Waals surface area contributed by atoms with E-state index >= 15 is 0 Å². The summed E-state index contributed by atoms with van der Waals surface area (Å²) >= 11 is 13.9. The second-order valence-corrected chi connectivity index (χ2v) is 14.3. The van der Waals surface area contributed by atoms with Crippen molar-refractivity contribution in [3.05, 3.63) is 43.5 Å².